The first-order valence-electron chi connectivity index (χ1n) is 7.38. The van der Waals surface area contributed by atoms with Crippen LogP contribution in [-0.2, 0) is 11.2 Å². The molecule has 0 bridgehead atoms. The third-order valence-corrected chi connectivity index (χ3v) is 3.36. The number of aryl methyl sites for hydroxylation is 2. The van der Waals surface area contributed by atoms with Crippen LogP contribution in [0, 0.1) is 13.8 Å². The first-order valence-corrected chi connectivity index (χ1v) is 7.38. The van der Waals surface area contributed by atoms with Crippen LogP contribution < -0.4 is 10.6 Å². The zero-order valence-electron chi connectivity index (χ0n) is 14.4. The highest BCUT2D eigenvalue weighted by atomic mass is 127. The normalized spacial score (nSPS) is 12.0. The maximum absolute atomic E-state index is 5.38. The summed E-state index contributed by atoms with van der Waals surface area (Å²) < 4.78 is 10.5. The van der Waals surface area contributed by atoms with E-state index in [0.717, 1.165) is 42.5 Å². The molecule has 6 nitrogen and oxygen atoms in total. The lowest BCUT2D eigenvalue weighted by Gasteiger charge is -2.21. The van der Waals surface area contributed by atoms with E-state index in [2.05, 4.69) is 20.8 Å². The largest absolute Gasteiger partial charge is 0.377 e. The summed E-state index contributed by atoms with van der Waals surface area (Å²) in [6.07, 6.45) is 0.860. The SMILES string of the molecule is CCNC(=NCC(C)(C)OC)NCCc1c(C)noc1C.I. The van der Waals surface area contributed by atoms with Gasteiger partial charge in [0.1, 0.15) is 5.76 Å². The summed E-state index contributed by atoms with van der Waals surface area (Å²) >= 11 is 0. The monoisotopic (exact) mass is 424 g/mol. The molecular formula is C15H29IN4O2. The van der Waals surface area contributed by atoms with Crippen LogP contribution in [0.25, 0.3) is 0 Å². The average molecular weight is 424 g/mol. The number of halogens is 1. The molecular weight excluding hydrogens is 395 g/mol. The number of aromatic nitrogens is 1. The van der Waals surface area contributed by atoms with E-state index in [1.165, 1.54) is 0 Å². The van der Waals surface area contributed by atoms with Crippen LogP contribution in [0.5, 0.6) is 0 Å². The molecule has 0 aliphatic rings. The molecule has 0 saturated carbocycles. The minimum absolute atomic E-state index is 0. The second-order valence-corrected chi connectivity index (χ2v) is 5.64. The summed E-state index contributed by atoms with van der Waals surface area (Å²) in [4.78, 5) is 4.55. The van der Waals surface area contributed by atoms with Crippen molar-refractivity contribution in [2.75, 3.05) is 26.7 Å². The van der Waals surface area contributed by atoms with Crippen LogP contribution in [0.2, 0.25) is 0 Å². The Labute approximate surface area is 150 Å². The fourth-order valence-electron chi connectivity index (χ4n) is 1.84. The quantitative estimate of drug-likeness (QED) is 0.400. The summed E-state index contributed by atoms with van der Waals surface area (Å²) in [5.41, 5.74) is 1.86. The topological polar surface area (TPSA) is 71.7 Å². The van der Waals surface area contributed by atoms with Crippen molar-refractivity contribution >= 4 is 29.9 Å². The maximum atomic E-state index is 5.38. The van der Waals surface area contributed by atoms with E-state index in [1.54, 1.807) is 7.11 Å². The van der Waals surface area contributed by atoms with Gasteiger partial charge in [0, 0.05) is 25.8 Å². The Balaban J connectivity index is 0.00000441. The molecule has 0 amide bonds. The third-order valence-electron chi connectivity index (χ3n) is 3.36. The number of hydrogen-bond donors (Lipinski definition) is 2. The number of hydrogen-bond acceptors (Lipinski definition) is 4. The molecule has 0 aliphatic carbocycles. The van der Waals surface area contributed by atoms with E-state index in [0.29, 0.717) is 6.54 Å². The molecule has 1 rings (SSSR count). The van der Waals surface area contributed by atoms with Gasteiger partial charge in [-0.25, -0.2) is 0 Å². The van der Waals surface area contributed by atoms with Crippen molar-refractivity contribution in [2.45, 2.75) is 46.6 Å². The molecule has 2 N–H and O–H groups in total. The van der Waals surface area contributed by atoms with Gasteiger partial charge in [-0.2, -0.15) is 0 Å². The summed E-state index contributed by atoms with van der Waals surface area (Å²) in [5.74, 6) is 1.69. The number of ether oxygens (including phenoxy) is 1. The van der Waals surface area contributed by atoms with E-state index in [-0.39, 0.29) is 29.6 Å². The lowest BCUT2D eigenvalue weighted by molar-refractivity contribution is 0.0310. The Morgan fingerprint density at radius 1 is 1.32 bits per heavy atom. The molecule has 0 radical (unpaired) electrons. The van der Waals surface area contributed by atoms with Gasteiger partial charge in [-0.05, 0) is 41.0 Å². The van der Waals surface area contributed by atoms with E-state index in [9.17, 15) is 0 Å². The van der Waals surface area contributed by atoms with Gasteiger partial charge >= 0.3 is 0 Å². The molecule has 0 saturated heterocycles. The zero-order chi connectivity index (χ0) is 15.9. The molecule has 0 aromatic carbocycles. The van der Waals surface area contributed by atoms with Crippen molar-refractivity contribution in [1.29, 1.82) is 0 Å². The second kappa shape index (κ2) is 10.0. The highest BCUT2D eigenvalue weighted by molar-refractivity contribution is 14.0. The van der Waals surface area contributed by atoms with Crippen LogP contribution in [0.3, 0.4) is 0 Å². The maximum Gasteiger partial charge on any atom is 0.191 e. The highest BCUT2D eigenvalue weighted by Crippen LogP contribution is 2.12. The summed E-state index contributed by atoms with van der Waals surface area (Å²) in [6.45, 7) is 12.2. The van der Waals surface area contributed by atoms with E-state index >= 15 is 0 Å². The van der Waals surface area contributed by atoms with Gasteiger partial charge in [-0.15, -0.1) is 24.0 Å². The Bertz CT molecular complexity index is 453. The van der Waals surface area contributed by atoms with Gasteiger partial charge in [-0.3, -0.25) is 4.99 Å². The first-order chi connectivity index (χ1) is 9.89. The molecule has 128 valence electrons. The van der Waals surface area contributed by atoms with Crippen LogP contribution >= 0.6 is 24.0 Å². The van der Waals surface area contributed by atoms with Gasteiger partial charge in [0.15, 0.2) is 5.96 Å². The van der Waals surface area contributed by atoms with Crippen LogP contribution in [0.15, 0.2) is 9.52 Å². The third kappa shape index (κ3) is 6.95. The molecule has 1 heterocycles. The fraction of sp³-hybridized carbons (Fsp3) is 0.733. The van der Waals surface area contributed by atoms with Crippen molar-refractivity contribution in [3.05, 3.63) is 17.0 Å². The Morgan fingerprint density at radius 2 is 2.00 bits per heavy atom. The fourth-order valence-corrected chi connectivity index (χ4v) is 1.84. The Morgan fingerprint density at radius 3 is 2.50 bits per heavy atom. The van der Waals surface area contributed by atoms with E-state index in [4.69, 9.17) is 9.26 Å². The second-order valence-electron chi connectivity index (χ2n) is 5.64. The van der Waals surface area contributed by atoms with Crippen molar-refractivity contribution < 1.29 is 9.26 Å². The molecule has 0 spiro atoms. The predicted octanol–water partition coefficient (Wildman–Crippen LogP) is 2.43. The zero-order valence-corrected chi connectivity index (χ0v) is 16.8. The molecule has 22 heavy (non-hydrogen) atoms. The van der Waals surface area contributed by atoms with E-state index in [1.807, 2.05) is 34.6 Å². The molecule has 0 fully saturated rings. The highest BCUT2D eigenvalue weighted by Gasteiger charge is 2.15. The molecule has 1 aromatic heterocycles. The lowest BCUT2D eigenvalue weighted by atomic mass is 10.1. The van der Waals surface area contributed by atoms with Crippen LogP contribution in [0.1, 0.15) is 37.8 Å². The standard InChI is InChI=1S/C15H28N4O2.HI/c1-7-16-14(18-10-15(4,5)20-6)17-9-8-13-11(2)19-21-12(13)3;/h7-10H2,1-6H3,(H2,16,17,18);1H. The van der Waals surface area contributed by atoms with Crippen molar-refractivity contribution in [3.8, 4) is 0 Å². The van der Waals surface area contributed by atoms with Gasteiger partial charge < -0.3 is 19.9 Å². The van der Waals surface area contributed by atoms with Gasteiger partial charge in [0.2, 0.25) is 0 Å². The Hall–Kier alpha value is -0.830. The number of nitrogens with one attached hydrogen (secondary N) is 2. The van der Waals surface area contributed by atoms with Gasteiger partial charge in [0.05, 0.1) is 17.8 Å². The minimum Gasteiger partial charge on any atom is -0.377 e. The summed E-state index contributed by atoms with van der Waals surface area (Å²) in [6, 6.07) is 0. The smallest absolute Gasteiger partial charge is 0.191 e. The van der Waals surface area contributed by atoms with Crippen molar-refractivity contribution in [3.63, 3.8) is 0 Å². The number of guanidine groups is 1. The molecule has 1 aromatic rings. The van der Waals surface area contributed by atoms with Gasteiger partial charge in [0.25, 0.3) is 0 Å². The Kier molecular flexibility index (Phi) is 9.66. The summed E-state index contributed by atoms with van der Waals surface area (Å²) in [5, 5.41) is 10.5. The molecule has 0 aliphatic heterocycles. The van der Waals surface area contributed by atoms with Crippen LogP contribution in [0.4, 0.5) is 0 Å². The van der Waals surface area contributed by atoms with Crippen molar-refractivity contribution in [2.24, 2.45) is 4.99 Å². The first kappa shape index (κ1) is 21.2. The minimum atomic E-state index is -0.260. The molecule has 7 heteroatoms. The average Bonchev–Trinajstić information content (AvgIpc) is 2.76. The molecule has 0 atom stereocenters. The lowest BCUT2D eigenvalue weighted by Crippen LogP contribution is -2.40. The number of methoxy groups -OCH3 is 1. The van der Waals surface area contributed by atoms with Crippen molar-refractivity contribution in [1.82, 2.24) is 15.8 Å². The predicted molar refractivity (Wildman–Crippen MR) is 100 cm³/mol. The number of rotatable bonds is 7. The molecule has 0 unspecified atom stereocenters. The van der Waals surface area contributed by atoms with Crippen LogP contribution in [-0.4, -0.2) is 43.5 Å². The van der Waals surface area contributed by atoms with Gasteiger partial charge in [-0.1, -0.05) is 5.16 Å². The number of aliphatic imine (C=N–C) groups is 1. The van der Waals surface area contributed by atoms with E-state index < -0.39 is 0 Å². The summed E-state index contributed by atoms with van der Waals surface area (Å²) in [7, 11) is 1.70. The number of nitrogens with zero attached hydrogens (tertiary/aromatic N) is 2.